The number of aromatic nitrogens is 1. The lowest BCUT2D eigenvalue weighted by Gasteiger charge is -2.10. The summed E-state index contributed by atoms with van der Waals surface area (Å²) in [7, 11) is 0. The molecular weight excluding hydrogens is 356 g/mol. The highest BCUT2D eigenvalue weighted by atomic mass is 32.2. The van der Waals surface area contributed by atoms with Crippen molar-refractivity contribution in [3.05, 3.63) is 71.4 Å². The van der Waals surface area contributed by atoms with Crippen LogP contribution < -0.4 is 0 Å². The van der Waals surface area contributed by atoms with Crippen LogP contribution in [0.3, 0.4) is 0 Å². The van der Waals surface area contributed by atoms with Crippen molar-refractivity contribution in [3.63, 3.8) is 0 Å². The van der Waals surface area contributed by atoms with E-state index < -0.39 is 5.97 Å². The minimum Gasteiger partial charge on any atom is -0.478 e. The third-order valence-electron chi connectivity index (χ3n) is 3.64. The number of carbonyl (C=O) groups excluding carboxylic acids is 1. The van der Waals surface area contributed by atoms with Crippen LogP contribution in [0.1, 0.15) is 16.1 Å². The Labute approximate surface area is 154 Å². The molecule has 0 radical (unpaired) electrons. The number of thioether (sulfide) groups is 1. The Morgan fingerprint density at radius 3 is 2.64 bits per heavy atom. The molecule has 1 aromatic carbocycles. The molecule has 25 heavy (non-hydrogen) atoms. The quantitative estimate of drug-likeness (QED) is 0.495. The molecule has 3 rings (SSSR count). The summed E-state index contributed by atoms with van der Waals surface area (Å²) in [4.78, 5) is 25.5. The highest BCUT2D eigenvalue weighted by Gasteiger charge is 2.31. The third-order valence-corrected chi connectivity index (χ3v) is 5.01. The first-order valence-electron chi connectivity index (χ1n) is 7.38. The van der Waals surface area contributed by atoms with Crippen molar-refractivity contribution < 1.29 is 14.7 Å². The van der Waals surface area contributed by atoms with E-state index in [1.807, 2.05) is 22.9 Å². The van der Waals surface area contributed by atoms with Crippen molar-refractivity contribution in [2.24, 2.45) is 0 Å². The van der Waals surface area contributed by atoms with Crippen molar-refractivity contribution in [2.75, 3.05) is 6.54 Å². The van der Waals surface area contributed by atoms with E-state index in [2.05, 4.69) is 6.58 Å². The zero-order chi connectivity index (χ0) is 18.0. The molecule has 126 valence electrons. The number of nitrogens with zero attached hydrogens (tertiary/aromatic N) is 2. The fourth-order valence-corrected chi connectivity index (χ4v) is 3.69. The SMILES string of the molecule is C=CCN1C(=O)C(=Cc2cccn2-c2ccc(C(=O)O)cc2)SC1=S. The van der Waals surface area contributed by atoms with Gasteiger partial charge in [0.15, 0.2) is 0 Å². The maximum atomic E-state index is 12.4. The van der Waals surface area contributed by atoms with Crippen LogP contribution in [0.5, 0.6) is 0 Å². The average molecular weight is 370 g/mol. The smallest absolute Gasteiger partial charge is 0.335 e. The van der Waals surface area contributed by atoms with Gasteiger partial charge in [0.05, 0.1) is 10.5 Å². The van der Waals surface area contributed by atoms with E-state index in [9.17, 15) is 9.59 Å². The van der Waals surface area contributed by atoms with Gasteiger partial charge in [0, 0.05) is 24.1 Å². The number of amides is 1. The summed E-state index contributed by atoms with van der Waals surface area (Å²) in [5.41, 5.74) is 1.84. The highest BCUT2D eigenvalue weighted by molar-refractivity contribution is 8.26. The van der Waals surface area contributed by atoms with Gasteiger partial charge in [-0.25, -0.2) is 4.79 Å². The van der Waals surface area contributed by atoms with Gasteiger partial charge in [-0.15, -0.1) is 6.58 Å². The number of carboxylic acids is 1. The lowest BCUT2D eigenvalue weighted by atomic mass is 10.2. The third kappa shape index (κ3) is 3.42. The van der Waals surface area contributed by atoms with Gasteiger partial charge < -0.3 is 9.67 Å². The van der Waals surface area contributed by atoms with Gasteiger partial charge in [0.2, 0.25) is 0 Å². The molecule has 1 aromatic heterocycles. The fourth-order valence-electron chi connectivity index (χ4n) is 2.43. The van der Waals surface area contributed by atoms with Gasteiger partial charge in [0.1, 0.15) is 4.32 Å². The van der Waals surface area contributed by atoms with E-state index in [0.717, 1.165) is 11.4 Å². The Hall–Kier alpha value is -2.64. The number of carboxylic acid groups (broad SMARTS) is 1. The maximum Gasteiger partial charge on any atom is 0.335 e. The van der Waals surface area contributed by atoms with Crippen LogP contribution in [0.25, 0.3) is 11.8 Å². The number of aromatic carboxylic acids is 1. The Kier molecular flexibility index (Phi) is 4.87. The lowest BCUT2D eigenvalue weighted by molar-refractivity contribution is -0.121. The minimum atomic E-state index is -0.967. The van der Waals surface area contributed by atoms with Gasteiger partial charge in [0.25, 0.3) is 5.91 Å². The van der Waals surface area contributed by atoms with Crippen molar-refractivity contribution in [2.45, 2.75) is 0 Å². The molecule has 0 aliphatic carbocycles. The molecule has 1 aliphatic rings. The fraction of sp³-hybridized carbons (Fsp3) is 0.0556. The number of hydrogen-bond donors (Lipinski definition) is 1. The van der Waals surface area contributed by atoms with Gasteiger partial charge in [-0.05, 0) is 42.5 Å². The van der Waals surface area contributed by atoms with Crippen molar-refractivity contribution >= 4 is 46.3 Å². The monoisotopic (exact) mass is 370 g/mol. The maximum absolute atomic E-state index is 12.4. The summed E-state index contributed by atoms with van der Waals surface area (Å²) in [6.07, 6.45) is 5.28. The van der Waals surface area contributed by atoms with E-state index in [-0.39, 0.29) is 11.5 Å². The molecule has 1 N–H and O–H groups in total. The largest absolute Gasteiger partial charge is 0.478 e. The first-order chi connectivity index (χ1) is 12.0. The summed E-state index contributed by atoms with van der Waals surface area (Å²) in [5, 5.41) is 8.99. The van der Waals surface area contributed by atoms with Crippen molar-refractivity contribution in [3.8, 4) is 5.69 Å². The van der Waals surface area contributed by atoms with Crippen LogP contribution >= 0.6 is 24.0 Å². The average Bonchev–Trinajstić information content (AvgIpc) is 3.16. The Balaban J connectivity index is 1.92. The summed E-state index contributed by atoms with van der Waals surface area (Å²) in [6, 6.07) is 10.3. The molecule has 0 unspecified atom stereocenters. The van der Waals surface area contributed by atoms with Crippen LogP contribution in [0, 0.1) is 0 Å². The molecule has 1 aliphatic heterocycles. The van der Waals surface area contributed by atoms with Crippen LogP contribution in [0.4, 0.5) is 0 Å². The second-order valence-electron chi connectivity index (χ2n) is 5.24. The topological polar surface area (TPSA) is 62.5 Å². The number of rotatable bonds is 5. The number of hydrogen-bond acceptors (Lipinski definition) is 4. The van der Waals surface area contributed by atoms with Gasteiger partial charge >= 0.3 is 5.97 Å². The highest BCUT2D eigenvalue weighted by Crippen LogP contribution is 2.32. The molecule has 0 spiro atoms. The molecule has 7 heteroatoms. The van der Waals surface area contributed by atoms with Crippen molar-refractivity contribution in [1.82, 2.24) is 9.47 Å². The van der Waals surface area contributed by atoms with E-state index in [4.69, 9.17) is 17.3 Å². The van der Waals surface area contributed by atoms with E-state index in [1.165, 1.54) is 16.7 Å². The molecular formula is C18H14N2O3S2. The number of benzene rings is 1. The van der Waals surface area contributed by atoms with Crippen LogP contribution in [-0.4, -0.2) is 37.3 Å². The van der Waals surface area contributed by atoms with E-state index in [1.54, 1.807) is 36.4 Å². The number of thiocarbonyl (C=S) groups is 1. The molecule has 1 amide bonds. The molecule has 0 saturated carbocycles. The van der Waals surface area contributed by atoms with Gasteiger partial charge in [-0.2, -0.15) is 0 Å². The van der Waals surface area contributed by atoms with E-state index in [0.29, 0.717) is 15.8 Å². The minimum absolute atomic E-state index is 0.135. The number of carbonyl (C=O) groups is 2. The first-order valence-corrected chi connectivity index (χ1v) is 8.61. The molecule has 0 atom stereocenters. The first kappa shape index (κ1) is 17.2. The normalized spacial score (nSPS) is 15.8. The van der Waals surface area contributed by atoms with Crippen LogP contribution in [0.2, 0.25) is 0 Å². The van der Waals surface area contributed by atoms with E-state index >= 15 is 0 Å². The molecule has 0 bridgehead atoms. The lowest BCUT2D eigenvalue weighted by Crippen LogP contribution is -2.27. The Morgan fingerprint density at radius 2 is 2.00 bits per heavy atom. The standard InChI is InChI=1S/C18H14N2O3S2/c1-2-9-20-16(21)15(25-18(20)24)11-14-4-3-10-19(14)13-7-5-12(6-8-13)17(22)23/h2-8,10-11H,1,9H2,(H,22,23). The second kappa shape index (κ2) is 7.08. The molecule has 2 aromatic rings. The zero-order valence-electron chi connectivity index (χ0n) is 13.1. The van der Waals surface area contributed by atoms with Gasteiger partial charge in [-0.3, -0.25) is 9.69 Å². The second-order valence-corrected chi connectivity index (χ2v) is 6.91. The molecule has 2 heterocycles. The summed E-state index contributed by atoms with van der Waals surface area (Å²) in [5.74, 6) is -1.10. The molecule has 5 nitrogen and oxygen atoms in total. The Bertz CT molecular complexity index is 897. The van der Waals surface area contributed by atoms with Gasteiger partial charge in [-0.1, -0.05) is 30.1 Å². The summed E-state index contributed by atoms with van der Waals surface area (Å²) < 4.78 is 2.39. The molecule has 1 fully saturated rings. The predicted molar refractivity (Wildman–Crippen MR) is 103 cm³/mol. The Morgan fingerprint density at radius 1 is 1.28 bits per heavy atom. The van der Waals surface area contributed by atoms with Crippen molar-refractivity contribution in [1.29, 1.82) is 0 Å². The molecule has 1 saturated heterocycles. The summed E-state index contributed by atoms with van der Waals surface area (Å²) >= 11 is 6.50. The van der Waals surface area contributed by atoms with Crippen LogP contribution in [0.15, 0.2) is 60.2 Å². The van der Waals surface area contributed by atoms with Crippen LogP contribution in [-0.2, 0) is 4.79 Å². The summed E-state index contributed by atoms with van der Waals surface area (Å²) in [6.45, 7) is 4.03. The zero-order valence-corrected chi connectivity index (χ0v) is 14.7. The predicted octanol–water partition coefficient (Wildman–Crippen LogP) is 3.56.